The summed E-state index contributed by atoms with van der Waals surface area (Å²) < 4.78 is 64.5. The molecule has 6 saturated heterocycles. The smallest absolute Gasteiger partial charge is 0.217 e. The van der Waals surface area contributed by atoms with Gasteiger partial charge in [-0.25, -0.2) is 0 Å². The zero-order valence-corrected chi connectivity index (χ0v) is 38.6. The molecule has 0 aromatic rings. The lowest BCUT2D eigenvalue weighted by atomic mass is 9.93. The maximum Gasteiger partial charge on any atom is 0.217 e. The fourth-order valence-corrected chi connectivity index (χ4v) is 9.18. The summed E-state index contributed by atoms with van der Waals surface area (Å²) in [5.41, 5.74) is 0. The van der Waals surface area contributed by atoms with Gasteiger partial charge in [0.25, 0.3) is 0 Å². The van der Waals surface area contributed by atoms with E-state index in [2.05, 4.69) is 10.6 Å². The molecule has 0 unspecified atom stereocenters. The van der Waals surface area contributed by atoms with E-state index in [0.29, 0.717) is 0 Å². The first-order chi connectivity index (χ1) is 33.5. The minimum Gasteiger partial charge on any atom is -0.394 e. The van der Waals surface area contributed by atoms with E-state index in [0.717, 1.165) is 13.8 Å². The first-order valence-corrected chi connectivity index (χ1v) is 22.8. The SMILES string of the molecule is CC(=O)N[C@H]1[C@H](O[C@@H]2[C@H](O)[C@H](O[C@H]3[C@@H](O)[C@@H](CO)O[C@H](O)[C@H]3NC(C)=O)O[C@H](CO)[C@@H]2O)O[C@H](CO)[C@@H](O[C@@H]2O[C@@H](C)[C@@H](O)[C@@H](O)[C@@H]2O)[C@@H]1O[C@@H]1O[C@H](CO)[C@H](O)[C@H](O)[C@H]1O[C@@H]1O[C@@H](C)[C@@H](O)[C@@H](O)[C@@H]1O. The molecule has 0 aromatic carbocycles. The molecule has 0 aromatic heterocycles. The third-order valence-electron chi connectivity index (χ3n) is 13.2. The molecule has 31 heteroatoms. The van der Waals surface area contributed by atoms with E-state index in [9.17, 15) is 91.3 Å². The van der Waals surface area contributed by atoms with E-state index in [-0.39, 0.29) is 0 Å². The fraction of sp³-hybridized carbons (Fsp3) is 0.950. The van der Waals surface area contributed by atoms with Gasteiger partial charge in [-0.15, -0.1) is 0 Å². The summed E-state index contributed by atoms with van der Waals surface area (Å²) in [6.07, 6.45) is -52.0. The van der Waals surface area contributed by atoms with Crippen LogP contribution in [0.4, 0.5) is 0 Å². The number of hydrogen-bond donors (Lipinski definition) is 18. The van der Waals surface area contributed by atoms with Crippen molar-refractivity contribution in [2.24, 2.45) is 0 Å². The molecule has 31 nitrogen and oxygen atoms in total. The van der Waals surface area contributed by atoms with Crippen molar-refractivity contribution in [1.29, 1.82) is 0 Å². The van der Waals surface area contributed by atoms with Gasteiger partial charge in [0.05, 0.1) is 38.6 Å². The average molecular weight is 1040 g/mol. The summed E-state index contributed by atoms with van der Waals surface area (Å²) in [5, 5.41) is 178. The summed E-state index contributed by atoms with van der Waals surface area (Å²) >= 11 is 0. The normalized spacial score (nSPS) is 50.8. The lowest BCUT2D eigenvalue weighted by Gasteiger charge is -2.52. The largest absolute Gasteiger partial charge is 0.394 e. The summed E-state index contributed by atoms with van der Waals surface area (Å²) in [5.74, 6) is -1.65. The van der Waals surface area contributed by atoms with Gasteiger partial charge in [-0.3, -0.25) is 9.59 Å². The second-order valence-corrected chi connectivity index (χ2v) is 18.2. The predicted octanol–water partition coefficient (Wildman–Crippen LogP) is -11.8. The van der Waals surface area contributed by atoms with Gasteiger partial charge in [0.2, 0.25) is 11.8 Å². The molecule has 0 saturated carbocycles. The van der Waals surface area contributed by atoms with Gasteiger partial charge < -0.3 is 144 Å². The molecule has 6 aliphatic rings. The summed E-state index contributed by atoms with van der Waals surface area (Å²) in [4.78, 5) is 25.3. The topological polar surface area (TPSA) is 483 Å². The number of rotatable bonds is 16. The van der Waals surface area contributed by atoms with Crippen LogP contribution in [-0.2, 0) is 61.7 Å². The van der Waals surface area contributed by atoms with Crippen molar-refractivity contribution in [1.82, 2.24) is 10.6 Å². The first kappa shape index (κ1) is 58.1. The van der Waals surface area contributed by atoms with E-state index < -0.39 is 222 Å². The zero-order chi connectivity index (χ0) is 52.5. The second-order valence-electron chi connectivity index (χ2n) is 18.2. The molecule has 6 fully saturated rings. The lowest BCUT2D eigenvalue weighted by molar-refractivity contribution is -0.399. The number of amides is 2. The Labute approximate surface area is 403 Å². The van der Waals surface area contributed by atoms with Crippen LogP contribution < -0.4 is 10.6 Å². The molecular formula is C40H68N2O29. The van der Waals surface area contributed by atoms with Gasteiger partial charge >= 0.3 is 0 Å². The van der Waals surface area contributed by atoms with Gasteiger partial charge in [0.1, 0.15) is 134 Å². The predicted molar refractivity (Wildman–Crippen MR) is 220 cm³/mol. The van der Waals surface area contributed by atoms with E-state index >= 15 is 0 Å². The Morgan fingerprint density at radius 2 is 0.761 bits per heavy atom. The first-order valence-electron chi connectivity index (χ1n) is 22.8. The minimum absolute atomic E-state index is 0.748. The molecule has 71 heavy (non-hydrogen) atoms. The molecule has 0 aliphatic carbocycles. The van der Waals surface area contributed by atoms with Crippen molar-refractivity contribution in [3.63, 3.8) is 0 Å². The molecule has 2 amide bonds. The molecule has 6 aliphatic heterocycles. The molecule has 6 heterocycles. The Bertz CT molecular complexity index is 1710. The van der Waals surface area contributed by atoms with Crippen LogP contribution in [0.3, 0.4) is 0 Å². The number of ether oxygens (including phenoxy) is 11. The molecule has 6 rings (SSSR count). The minimum atomic E-state index is -2.21. The maximum absolute atomic E-state index is 13.2. The van der Waals surface area contributed by atoms with E-state index in [1.165, 1.54) is 13.8 Å². The molecule has 0 radical (unpaired) electrons. The quantitative estimate of drug-likeness (QED) is 0.0682. The highest BCUT2D eigenvalue weighted by Crippen LogP contribution is 2.38. The number of carbonyl (C=O) groups is 2. The molecular weight excluding hydrogens is 972 g/mol. The Hall–Kier alpha value is -2.14. The highest BCUT2D eigenvalue weighted by molar-refractivity contribution is 5.73. The van der Waals surface area contributed by atoms with Crippen LogP contribution in [0.2, 0.25) is 0 Å². The van der Waals surface area contributed by atoms with Crippen molar-refractivity contribution in [2.75, 3.05) is 26.4 Å². The van der Waals surface area contributed by atoms with Crippen molar-refractivity contribution < 1.29 is 143 Å². The van der Waals surface area contributed by atoms with Crippen LogP contribution in [0, 0.1) is 0 Å². The number of hydrogen-bond acceptors (Lipinski definition) is 29. The van der Waals surface area contributed by atoms with Gasteiger partial charge in [0.15, 0.2) is 37.7 Å². The summed E-state index contributed by atoms with van der Waals surface area (Å²) in [6.45, 7) is 0.699. The van der Waals surface area contributed by atoms with E-state index in [4.69, 9.17) is 52.1 Å². The van der Waals surface area contributed by atoms with Crippen LogP contribution >= 0.6 is 0 Å². The third-order valence-corrected chi connectivity index (χ3v) is 13.2. The van der Waals surface area contributed by atoms with Crippen molar-refractivity contribution in [3.8, 4) is 0 Å². The third kappa shape index (κ3) is 12.4. The van der Waals surface area contributed by atoms with Crippen molar-refractivity contribution in [2.45, 2.75) is 212 Å². The molecule has 18 N–H and O–H groups in total. The van der Waals surface area contributed by atoms with Crippen LogP contribution in [-0.4, -0.2) is 304 Å². The zero-order valence-electron chi connectivity index (χ0n) is 38.6. The summed E-state index contributed by atoms with van der Waals surface area (Å²) in [7, 11) is 0. The van der Waals surface area contributed by atoms with Crippen LogP contribution in [0.15, 0.2) is 0 Å². The van der Waals surface area contributed by atoms with E-state index in [1.54, 1.807) is 0 Å². The second kappa shape index (κ2) is 24.7. The standard InChI is InChI=1S/C40H68N2O29/c1-9-19(49)24(54)27(57)37(61-9)67-30-16(8-46)66-36(70-33-23(53)15(7-45)64-39(29(33)59)68-31-17(41-11(3)47)35(60)63-14(6-44)22(31)52)18(42-12(4)48)32(30)69-40-34(26(56)21(51)13(5-43)65-40)71-38-28(58)25(55)20(50)10(2)62-38/h9-10,13-40,43-46,49-60H,5-8H2,1-4H3,(H,41,47)(H,42,48)/t9-,10-,13+,14+,15+,16+,17-,18+,19+,20+,21-,22-,23-,24+,25+,26-,27-,28-,29-,30+,31+,32+,33-,34+,35-,36-,37-,38-,39-,40-/m0/s1. The monoisotopic (exact) mass is 1040 g/mol. The lowest BCUT2D eigenvalue weighted by Crippen LogP contribution is -2.72. The number of aliphatic hydroxyl groups is 16. The maximum atomic E-state index is 13.2. The fourth-order valence-electron chi connectivity index (χ4n) is 9.18. The molecule has 0 spiro atoms. The molecule has 412 valence electrons. The number of nitrogens with one attached hydrogen (secondary N) is 2. The molecule has 0 bridgehead atoms. The van der Waals surface area contributed by atoms with Crippen LogP contribution in [0.1, 0.15) is 27.7 Å². The average Bonchev–Trinajstić information content (AvgIpc) is 3.33. The van der Waals surface area contributed by atoms with Gasteiger partial charge in [-0.2, -0.15) is 0 Å². The number of aliphatic hydroxyl groups excluding tert-OH is 16. The molecule has 30 atom stereocenters. The number of carbonyl (C=O) groups excluding carboxylic acids is 2. The van der Waals surface area contributed by atoms with Crippen LogP contribution in [0.5, 0.6) is 0 Å². The Morgan fingerprint density at radius 1 is 0.366 bits per heavy atom. The Morgan fingerprint density at radius 3 is 1.28 bits per heavy atom. The van der Waals surface area contributed by atoms with Crippen molar-refractivity contribution >= 4 is 11.8 Å². The van der Waals surface area contributed by atoms with Crippen molar-refractivity contribution in [3.05, 3.63) is 0 Å². The van der Waals surface area contributed by atoms with Gasteiger partial charge in [-0.05, 0) is 13.8 Å². The van der Waals surface area contributed by atoms with E-state index in [1.807, 2.05) is 0 Å². The summed E-state index contributed by atoms with van der Waals surface area (Å²) in [6, 6.07) is -3.46. The van der Waals surface area contributed by atoms with Crippen LogP contribution in [0.25, 0.3) is 0 Å². The highest BCUT2D eigenvalue weighted by atomic mass is 16.8. The Kier molecular flexibility index (Phi) is 20.2. The highest BCUT2D eigenvalue weighted by Gasteiger charge is 2.59. The Balaban J connectivity index is 1.39. The van der Waals surface area contributed by atoms with Gasteiger partial charge in [0, 0.05) is 13.8 Å². The van der Waals surface area contributed by atoms with Gasteiger partial charge in [-0.1, -0.05) is 0 Å².